The highest BCUT2D eigenvalue weighted by Gasteiger charge is 2.50. The van der Waals surface area contributed by atoms with Crippen LogP contribution in [0.5, 0.6) is 0 Å². The summed E-state index contributed by atoms with van der Waals surface area (Å²) in [6.45, 7) is 4.00. The molecule has 0 spiro atoms. The van der Waals surface area contributed by atoms with Gasteiger partial charge in [0.1, 0.15) is 0 Å². The highest BCUT2D eigenvalue weighted by Crippen LogP contribution is 2.48. The van der Waals surface area contributed by atoms with Gasteiger partial charge in [-0.3, -0.25) is 9.59 Å². The molecule has 4 heteroatoms. The smallest absolute Gasteiger partial charge is 0.304 e. The molecule has 0 aromatic carbocycles. The Kier molecular flexibility index (Phi) is 4.45. The summed E-state index contributed by atoms with van der Waals surface area (Å²) in [5.41, 5.74) is -0.569. The molecule has 0 radical (unpaired) electrons. The molecule has 0 unspecified atom stereocenters. The Morgan fingerprint density at radius 1 is 1.38 bits per heavy atom. The summed E-state index contributed by atoms with van der Waals surface area (Å²) in [6.07, 6.45) is 1.38. The van der Waals surface area contributed by atoms with Crippen molar-refractivity contribution in [3.8, 4) is 0 Å². The van der Waals surface area contributed by atoms with Crippen molar-refractivity contribution >= 4 is 11.9 Å². The van der Waals surface area contributed by atoms with Crippen LogP contribution in [0.3, 0.4) is 0 Å². The molecule has 4 nitrogen and oxygen atoms in total. The molecule has 1 rings (SSSR count). The maximum atomic E-state index is 11.1. The number of aliphatic carboxylic acids is 1. The molecular weight excluding hydrogens is 170 g/mol. The van der Waals surface area contributed by atoms with Gasteiger partial charge >= 0.3 is 5.97 Å². The van der Waals surface area contributed by atoms with Crippen LogP contribution in [0.15, 0.2) is 0 Å². The average Bonchev–Trinajstić information content (AvgIpc) is 2.87. The van der Waals surface area contributed by atoms with Gasteiger partial charge in [-0.05, 0) is 12.8 Å². The van der Waals surface area contributed by atoms with Crippen molar-refractivity contribution in [1.29, 1.82) is 0 Å². The number of carbonyl (C=O) groups is 2. The molecule has 1 amide bonds. The zero-order valence-corrected chi connectivity index (χ0v) is 8.39. The van der Waals surface area contributed by atoms with E-state index >= 15 is 0 Å². The Bertz CT molecular complexity index is 197. The van der Waals surface area contributed by atoms with Crippen LogP contribution in [0.4, 0.5) is 0 Å². The number of carboxylic acid groups (broad SMARTS) is 1. The lowest BCUT2D eigenvalue weighted by molar-refractivity contribution is -0.141. The predicted octanol–water partition coefficient (Wildman–Crippen LogP) is 1.01. The lowest BCUT2D eigenvalue weighted by atomic mass is 10.0. The molecule has 0 bridgehead atoms. The molecule has 1 aliphatic rings. The van der Waals surface area contributed by atoms with E-state index in [9.17, 15) is 9.59 Å². The summed E-state index contributed by atoms with van der Waals surface area (Å²) in [5.74, 6) is -1.04. The van der Waals surface area contributed by atoms with E-state index in [-0.39, 0.29) is 12.3 Å². The van der Waals surface area contributed by atoms with Crippen LogP contribution in [0.25, 0.3) is 0 Å². The minimum atomic E-state index is -0.897. The van der Waals surface area contributed by atoms with Gasteiger partial charge in [-0.1, -0.05) is 13.8 Å². The summed E-state index contributed by atoms with van der Waals surface area (Å²) in [7, 11) is 1.53. The Morgan fingerprint density at radius 3 is 2.08 bits per heavy atom. The highest BCUT2D eigenvalue weighted by molar-refractivity contribution is 5.89. The van der Waals surface area contributed by atoms with Gasteiger partial charge in [-0.15, -0.1) is 0 Å². The summed E-state index contributed by atoms with van der Waals surface area (Å²) < 4.78 is 0. The maximum Gasteiger partial charge on any atom is 0.304 e. The van der Waals surface area contributed by atoms with Gasteiger partial charge in [0, 0.05) is 7.05 Å². The van der Waals surface area contributed by atoms with E-state index in [0.29, 0.717) is 12.8 Å². The quantitative estimate of drug-likeness (QED) is 0.693. The van der Waals surface area contributed by atoms with Crippen molar-refractivity contribution in [3.63, 3.8) is 0 Å². The number of carbonyl (C=O) groups excluding carboxylic acids is 1. The van der Waals surface area contributed by atoms with Crippen LogP contribution in [0.2, 0.25) is 0 Å². The van der Waals surface area contributed by atoms with E-state index < -0.39 is 11.4 Å². The zero-order valence-electron chi connectivity index (χ0n) is 8.39. The largest absolute Gasteiger partial charge is 0.481 e. The van der Waals surface area contributed by atoms with Crippen molar-refractivity contribution in [2.45, 2.75) is 33.1 Å². The lowest BCUT2D eigenvalue weighted by Gasteiger charge is -2.08. The van der Waals surface area contributed by atoms with E-state index in [2.05, 4.69) is 5.32 Å². The number of nitrogens with one attached hydrogen (secondary N) is 1. The average molecular weight is 187 g/mol. The third-order valence-corrected chi connectivity index (χ3v) is 2.05. The Balaban J connectivity index is 0.000000671. The third-order valence-electron chi connectivity index (χ3n) is 2.05. The first-order valence-electron chi connectivity index (χ1n) is 4.55. The molecule has 76 valence electrons. The second kappa shape index (κ2) is 4.84. The monoisotopic (exact) mass is 187 g/mol. The van der Waals surface area contributed by atoms with Gasteiger partial charge in [0.2, 0.25) is 5.91 Å². The van der Waals surface area contributed by atoms with Crippen LogP contribution in [0, 0.1) is 5.41 Å². The topological polar surface area (TPSA) is 66.4 Å². The van der Waals surface area contributed by atoms with Gasteiger partial charge in [-0.25, -0.2) is 0 Å². The molecule has 1 fully saturated rings. The first-order valence-corrected chi connectivity index (χ1v) is 4.55. The van der Waals surface area contributed by atoms with E-state index in [4.69, 9.17) is 5.11 Å². The van der Waals surface area contributed by atoms with Crippen molar-refractivity contribution < 1.29 is 14.7 Å². The summed E-state index contributed by atoms with van der Waals surface area (Å²) >= 11 is 0. The lowest BCUT2D eigenvalue weighted by Crippen LogP contribution is -2.30. The SMILES string of the molecule is CC.CNC(=O)C1(CC(=O)O)CC1. The Hall–Kier alpha value is -1.06. The molecule has 0 saturated heterocycles. The van der Waals surface area contributed by atoms with Gasteiger partial charge in [0.15, 0.2) is 0 Å². The zero-order chi connectivity index (χ0) is 10.5. The molecule has 1 saturated carbocycles. The Morgan fingerprint density at radius 2 is 1.85 bits per heavy atom. The first-order chi connectivity index (χ1) is 6.10. The number of carboxylic acids is 1. The number of rotatable bonds is 3. The number of hydrogen-bond donors (Lipinski definition) is 2. The maximum absolute atomic E-state index is 11.1. The van der Waals surface area contributed by atoms with Gasteiger partial charge in [-0.2, -0.15) is 0 Å². The van der Waals surface area contributed by atoms with Crippen LogP contribution >= 0.6 is 0 Å². The normalized spacial score (nSPS) is 16.5. The summed E-state index contributed by atoms with van der Waals surface area (Å²) in [6, 6.07) is 0. The molecule has 2 N–H and O–H groups in total. The van der Waals surface area contributed by atoms with Crippen molar-refractivity contribution in [2.24, 2.45) is 5.41 Å². The molecule has 13 heavy (non-hydrogen) atoms. The van der Waals surface area contributed by atoms with Crippen LogP contribution in [-0.2, 0) is 9.59 Å². The Labute approximate surface area is 78.3 Å². The molecule has 0 heterocycles. The van der Waals surface area contributed by atoms with Crippen LogP contribution < -0.4 is 5.32 Å². The van der Waals surface area contributed by atoms with E-state index in [1.807, 2.05) is 13.8 Å². The minimum absolute atomic E-state index is 0.0350. The van der Waals surface area contributed by atoms with Crippen LogP contribution in [0.1, 0.15) is 33.1 Å². The van der Waals surface area contributed by atoms with E-state index in [1.54, 1.807) is 0 Å². The fourth-order valence-electron chi connectivity index (χ4n) is 1.19. The molecule has 0 aromatic heterocycles. The van der Waals surface area contributed by atoms with E-state index in [1.165, 1.54) is 7.05 Å². The number of amides is 1. The first kappa shape index (κ1) is 11.9. The third kappa shape index (κ3) is 3.05. The molecule has 0 atom stereocenters. The van der Waals surface area contributed by atoms with Crippen molar-refractivity contribution in [2.75, 3.05) is 7.05 Å². The standard InChI is InChI=1S/C7H11NO3.C2H6/c1-8-6(11)7(2-3-7)4-5(9)10;1-2/h2-4H2,1H3,(H,8,11)(H,9,10);1-2H3. The summed E-state index contributed by atoms with van der Waals surface area (Å²) in [4.78, 5) is 21.4. The van der Waals surface area contributed by atoms with Crippen molar-refractivity contribution in [1.82, 2.24) is 5.32 Å². The molecular formula is C9H17NO3. The summed E-state index contributed by atoms with van der Waals surface area (Å²) in [5, 5.41) is 10.9. The molecule has 1 aliphatic carbocycles. The van der Waals surface area contributed by atoms with Gasteiger partial charge < -0.3 is 10.4 Å². The van der Waals surface area contributed by atoms with Crippen molar-refractivity contribution in [3.05, 3.63) is 0 Å². The fraction of sp³-hybridized carbons (Fsp3) is 0.778. The second-order valence-corrected chi connectivity index (χ2v) is 2.93. The minimum Gasteiger partial charge on any atom is -0.481 e. The number of hydrogen-bond acceptors (Lipinski definition) is 2. The van der Waals surface area contributed by atoms with Gasteiger partial charge in [0.05, 0.1) is 11.8 Å². The fourth-order valence-corrected chi connectivity index (χ4v) is 1.19. The molecule has 0 aliphatic heterocycles. The van der Waals surface area contributed by atoms with Gasteiger partial charge in [0.25, 0.3) is 0 Å². The predicted molar refractivity (Wildman–Crippen MR) is 49.3 cm³/mol. The second-order valence-electron chi connectivity index (χ2n) is 2.93. The molecule has 0 aromatic rings. The van der Waals surface area contributed by atoms with E-state index in [0.717, 1.165) is 0 Å². The highest BCUT2D eigenvalue weighted by atomic mass is 16.4. The van der Waals surface area contributed by atoms with Crippen LogP contribution in [-0.4, -0.2) is 24.0 Å².